The lowest BCUT2D eigenvalue weighted by Crippen LogP contribution is -2.44. The van der Waals surface area contributed by atoms with Gasteiger partial charge in [0.1, 0.15) is 17.7 Å². The standard InChI is InChI=1S/C18H13F5N2O2S/c19-11-2-1-3-12(7-11)24-16(26)15-8-28-9-25(15)17(27)10-4-5-14(20)13(6-10)18(21,22)23/h1-7,15H,8-9H2,(H,24,26)/t15-/m0/s1. The highest BCUT2D eigenvalue weighted by atomic mass is 32.2. The molecular formula is C18H13F5N2O2S. The van der Waals surface area contributed by atoms with Gasteiger partial charge in [-0.3, -0.25) is 9.59 Å². The van der Waals surface area contributed by atoms with E-state index in [2.05, 4.69) is 5.32 Å². The highest BCUT2D eigenvalue weighted by Crippen LogP contribution is 2.33. The Balaban J connectivity index is 1.80. The molecule has 0 aromatic heterocycles. The highest BCUT2D eigenvalue weighted by molar-refractivity contribution is 7.99. The topological polar surface area (TPSA) is 49.4 Å². The molecule has 1 aliphatic rings. The zero-order valence-corrected chi connectivity index (χ0v) is 14.9. The minimum atomic E-state index is -4.95. The van der Waals surface area contributed by atoms with E-state index in [1.165, 1.54) is 30.0 Å². The summed E-state index contributed by atoms with van der Waals surface area (Å²) in [6, 6.07) is 6.14. The SMILES string of the molecule is O=C(Nc1cccc(F)c1)[C@@H]1CSCN1C(=O)c1ccc(F)c(C(F)(F)F)c1. The molecule has 28 heavy (non-hydrogen) atoms. The van der Waals surface area contributed by atoms with E-state index in [1.54, 1.807) is 0 Å². The van der Waals surface area contributed by atoms with Crippen LogP contribution in [0, 0.1) is 11.6 Å². The Kier molecular flexibility index (Phi) is 5.59. The van der Waals surface area contributed by atoms with Crippen LogP contribution in [0.1, 0.15) is 15.9 Å². The van der Waals surface area contributed by atoms with Gasteiger partial charge in [0.2, 0.25) is 5.91 Å². The van der Waals surface area contributed by atoms with Gasteiger partial charge in [-0.2, -0.15) is 13.2 Å². The number of hydrogen-bond donors (Lipinski definition) is 1. The molecule has 1 fully saturated rings. The van der Waals surface area contributed by atoms with Crippen LogP contribution in [0.5, 0.6) is 0 Å². The number of alkyl halides is 3. The fourth-order valence-corrected chi connectivity index (χ4v) is 3.85. The molecular weight excluding hydrogens is 403 g/mol. The minimum absolute atomic E-state index is 0.0821. The molecule has 0 radical (unpaired) electrons. The van der Waals surface area contributed by atoms with Crippen LogP contribution < -0.4 is 5.32 Å². The second-order valence-corrected chi connectivity index (χ2v) is 6.98. The Morgan fingerprint density at radius 3 is 2.54 bits per heavy atom. The van der Waals surface area contributed by atoms with Crippen LogP contribution in [0.15, 0.2) is 42.5 Å². The third kappa shape index (κ3) is 4.27. The smallest absolute Gasteiger partial charge is 0.324 e. The van der Waals surface area contributed by atoms with Crippen molar-refractivity contribution in [3.8, 4) is 0 Å². The molecule has 1 N–H and O–H groups in total. The van der Waals surface area contributed by atoms with Crippen LogP contribution in [-0.4, -0.2) is 34.4 Å². The molecule has 2 amide bonds. The normalized spacial score (nSPS) is 16.9. The van der Waals surface area contributed by atoms with Crippen LogP contribution in [0.3, 0.4) is 0 Å². The first-order valence-corrected chi connectivity index (χ1v) is 9.14. The maximum absolute atomic E-state index is 13.4. The van der Waals surface area contributed by atoms with E-state index in [9.17, 15) is 31.5 Å². The van der Waals surface area contributed by atoms with Crippen molar-refractivity contribution in [2.75, 3.05) is 16.9 Å². The number of nitrogens with one attached hydrogen (secondary N) is 1. The van der Waals surface area contributed by atoms with E-state index >= 15 is 0 Å². The number of nitrogens with zero attached hydrogens (tertiary/aromatic N) is 1. The molecule has 0 unspecified atom stereocenters. The number of carbonyl (C=O) groups is 2. The monoisotopic (exact) mass is 416 g/mol. The second kappa shape index (κ2) is 7.78. The van der Waals surface area contributed by atoms with Crippen LogP contribution >= 0.6 is 11.8 Å². The van der Waals surface area contributed by atoms with Crippen molar-refractivity contribution in [2.24, 2.45) is 0 Å². The number of carbonyl (C=O) groups excluding carboxylic acids is 2. The van der Waals surface area contributed by atoms with Gasteiger partial charge in [-0.05, 0) is 36.4 Å². The molecule has 0 spiro atoms. The molecule has 1 heterocycles. The molecule has 1 saturated heterocycles. The summed E-state index contributed by atoms with van der Waals surface area (Å²) in [5.41, 5.74) is -1.74. The van der Waals surface area contributed by atoms with Gasteiger partial charge in [0.15, 0.2) is 0 Å². The number of thioether (sulfide) groups is 1. The molecule has 10 heteroatoms. The first-order valence-electron chi connectivity index (χ1n) is 7.98. The third-order valence-electron chi connectivity index (χ3n) is 4.06. The summed E-state index contributed by atoms with van der Waals surface area (Å²) < 4.78 is 65.3. The summed E-state index contributed by atoms with van der Waals surface area (Å²) >= 11 is 1.24. The molecule has 2 aromatic carbocycles. The lowest BCUT2D eigenvalue weighted by Gasteiger charge is -2.23. The van der Waals surface area contributed by atoms with Gasteiger partial charge in [0, 0.05) is 17.0 Å². The summed E-state index contributed by atoms with van der Waals surface area (Å²) in [4.78, 5) is 26.2. The summed E-state index contributed by atoms with van der Waals surface area (Å²) in [7, 11) is 0. The predicted molar refractivity (Wildman–Crippen MR) is 93.7 cm³/mol. The summed E-state index contributed by atoms with van der Waals surface area (Å²) in [6.07, 6.45) is -4.95. The fraction of sp³-hybridized carbons (Fsp3) is 0.222. The van der Waals surface area contributed by atoms with E-state index in [0.717, 1.165) is 17.0 Å². The van der Waals surface area contributed by atoms with Crippen molar-refractivity contribution in [3.63, 3.8) is 0 Å². The number of benzene rings is 2. The fourth-order valence-electron chi connectivity index (χ4n) is 2.69. The van der Waals surface area contributed by atoms with E-state index in [0.29, 0.717) is 12.1 Å². The zero-order chi connectivity index (χ0) is 20.5. The average molecular weight is 416 g/mol. The highest BCUT2D eigenvalue weighted by Gasteiger charge is 2.38. The summed E-state index contributed by atoms with van der Waals surface area (Å²) in [5, 5.41) is 2.48. The Hall–Kier alpha value is -2.62. The van der Waals surface area contributed by atoms with Gasteiger partial charge in [0.05, 0.1) is 11.4 Å². The van der Waals surface area contributed by atoms with E-state index in [4.69, 9.17) is 0 Å². The maximum atomic E-state index is 13.4. The van der Waals surface area contributed by atoms with Crippen molar-refractivity contribution in [1.29, 1.82) is 0 Å². The van der Waals surface area contributed by atoms with Gasteiger partial charge < -0.3 is 10.2 Å². The first-order chi connectivity index (χ1) is 13.2. The molecule has 1 atom stereocenters. The maximum Gasteiger partial charge on any atom is 0.419 e. The molecule has 3 rings (SSSR count). The molecule has 0 aliphatic carbocycles. The third-order valence-corrected chi connectivity index (χ3v) is 5.07. The number of amides is 2. The Morgan fingerprint density at radius 2 is 1.86 bits per heavy atom. The second-order valence-electron chi connectivity index (χ2n) is 5.98. The quantitative estimate of drug-likeness (QED) is 0.766. The van der Waals surface area contributed by atoms with Gasteiger partial charge in [-0.25, -0.2) is 8.78 Å². The number of hydrogen-bond acceptors (Lipinski definition) is 3. The molecule has 2 aromatic rings. The molecule has 148 valence electrons. The Morgan fingerprint density at radius 1 is 1.11 bits per heavy atom. The van der Waals surface area contributed by atoms with Crippen LogP contribution in [0.4, 0.5) is 27.6 Å². The van der Waals surface area contributed by atoms with Crippen molar-refractivity contribution in [3.05, 3.63) is 65.2 Å². The lowest BCUT2D eigenvalue weighted by atomic mass is 10.1. The number of halogens is 5. The summed E-state index contributed by atoms with van der Waals surface area (Å²) in [6.45, 7) is 0. The molecule has 0 bridgehead atoms. The van der Waals surface area contributed by atoms with Crippen LogP contribution in [0.2, 0.25) is 0 Å². The Bertz CT molecular complexity index is 919. The van der Waals surface area contributed by atoms with Gasteiger partial charge in [-0.1, -0.05) is 6.07 Å². The van der Waals surface area contributed by atoms with E-state index in [-0.39, 0.29) is 22.9 Å². The Labute approximate surface area is 160 Å². The van der Waals surface area contributed by atoms with E-state index in [1.807, 2.05) is 0 Å². The van der Waals surface area contributed by atoms with Gasteiger partial charge >= 0.3 is 6.18 Å². The molecule has 4 nitrogen and oxygen atoms in total. The van der Waals surface area contributed by atoms with Crippen molar-refractivity contribution >= 4 is 29.3 Å². The number of anilines is 1. The number of rotatable bonds is 3. The van der Waals surface area contributed by atoms with Crippen LogP contribution in [0.25, 0.3) is 0 Å². The summed E-state index contributed by atoms with van der Waals surface area (Å²) in [5.74, 6) is -3.16. The van der Waals surface area contributed by atoms with Crippen molar-refractivity contribution in [2.45, 2.75) is 12.2 Å². The van der Waals surface area contributed by atoms with E-state index < -0.39 is 41.2 Å². The average Bonchev–Trinajstić information content (AvgIpc) is 3.10. The minimum Gasteiger partial charge on any atom is -0.324 e. The van der Waals surface area contributed by atoms with Crippen molar-refractivity contribution in [1.82, 2.24) is 4.90 Å². The zero-order valence-electron chi connectivity index (χ0n) is 14.1. The largest absolute Gasteiger partial charge is 0.419 e. The molecule has 1 aliphatic heterocycles. The van der Waals surface area contributed by atoms with Gasteiger partial charge in [-0.15, -0.1) is 11.8 Å². The lowest BCUT2D eigenvalue weighted by molar-refractivity contribution is -0.140. The van der Waals surface area contributed by atoms with Crippen molar-refractivity contribution < 1.29 is 31.5 Å². The van der Waals surface area contributed by atoms with Crippen LogP contribution in [-0.2, 0) is 11.0 Å². The first kappa shape index (κ1) is 20.1. The predicted octanol–water partition coefficient (Wildman–Crippen LogP) is 4.14. The molecule has 0 saturated carbocycles. The van der Waals surface area contributed by atoms with Gasteiger partial charge in [0.25, 0.3) is 5.91 Å².